The van der Waals surface area contributed by atoms with Crippen molar-refractivity contribution in [3.05, 3.63) is 41.2 Å². The van der Waals surface area contributed by atoms with Crippen molar-refractivity contribution in [1.29, 1.82) is 5.26 Å². The Morgan fingerprint density at radius 3 is 2.62 bits per heavy atom. The Bertz CT molecular complexity index is 978. The average Bonchev–Trinajstić information content (AvgIpc) is 2.96. The van der Waals surface area contributed by atoms with E-state index in [1.807, 2.05) is 6.07 Å². The van der Waals surface area contributed by atoms with Gasteiger partial charge in [-0.2, -0.15) is 9.57 Å². The maximum absolute atomic E-state index is 12.6. The number of aliphatic carboxylic acids is 1. The Morgan fingerprint density at radius 2 is 2.04 bits per heavy atom. The van der Waals surface area contributed by atoms with E-state index in [9.17, 15) is 18.5 Å². The molecular formula is C16H16ClN3O5S. The van der Waals surface area contributed by atoms with Gasteiger partial charge in [0, 0.05) is 36.6 Å². The molecule has 0 saturated carbocycles. The molecule has 1 aromatic heterocycles. The monoisotopic (exact) mass is 397 g/mol. The summed E-state index contributed by atoms with van der Waals surface area (Å²) in [6, 6.07) is 6.08. The number of aliphatic hydroxyl groups excluding tert-OH is 1. The number of sulfonamides is 1. The van der Waals surface area contributed by atoms with Gasteiger partial charge in [-0.3, -0.25) is 4.79 Å². The number of hydrogen-bond acceptors (Lipinski definition) is 5. The fraction of sp³-hybridized carbons (Fsp3) is 0.250. The lowest BCUT2D eigenvalue weighted by Crippen LogP contribution is -2.29. The smallest absolute Gasteiger partial charge is 0.323 e. The molecule has 0 aliphatic carbocycles. The van der Waals surface area contributed by atoms with Crippen molar-refractivity contribution in [1.82, 2.24) is 8.87 Å². The highest BCUT2D eigenvalue weighted by Crippen LogP contribution is 2.30. The molecule has 0 saturated heterocycles. The first-order chi connectivity index (χ1) is 12.2. The molecule has 0 aliphatic heterocycles. The van der Waals surface area contributed by atoms with E-state index in [1.165, 1.54) is 42.2 Å². The number of carboxylic acid groups (broad SMARTS) is 1. The van der Waals surface area contributed by atoms with E-state index >= 15 is 0 Å². The Balaban J connectivity index is 2.56. The maximum Gasteiger partial charge on any atom is 0.323 e. The molecule has 0 aliphatic rings. The summed E-state index contributed by atoms with van der Waals surface area (Å²) in [6.45, 7) is -0.748. The highest BCUT2D eigenvalue weighted by atomic mass is 35.5. The van der Waals surface area contributed by atoms with E-state index < -0.39 is 16.0 Å². The summed E-state index contributed by atoms with van der Waals surface area (Å²) in [5.74, 6) is -1.07. The summed E-state index contributed by atoms with van der Waals surface area (Å²) >= 11 is 6.06. The van der Waals surface area contributed by atoms with Gasteiger partial charge in [0.05, 0.1) is 17.1 Å². The van der Waals surface area contributed by atoms with Crippen LogP contribution in [0, 0.1) is 11.3 Å². The standard InChI is InChI=1S/C16H16ClN3O5S/c1-19(2-3-21)26(24,25)14-5-11(4-13(17)6-14)15-9-20(10-16(22)23)8-12(15)7-18/h4-6,8-9,21H,2-3,10H2,1H3,(H,22,23). The molecule has 8 nitrogen and oxygen atoms in total. The number of aromatic nitrogens is 1. The number of rotatable bonds is 7. The number of benzene rings is 1. The van der Waals surface area contributed by atoms with Crippen LogP contribution in [0.1, 0.15) is 5.56 Å². The molecule has 0 radical (unpaired) electrons. The number of likely N-dealkylation sites (N-methyl/N-ethyl adjacent to an activating group) is 1. The number of hydrogen-bond donors (Lipinski definition) is 2. The zero-order valence-electron chi connectivity index (χ0n) is 13.8. The second kappa shape index (κ2) is 7.88. The van der Waals surface area contributed by atoms with Crippen LogP contribution in [0.3, 0.4) is 0 Å². The highest BCUT2D eigenvalue weighted by Gasteiger charge is 2.22. The fourth-order valence-electron chi connectivity index (χ4n) is 2.38. The van der Waals surface area contributed by atoms with Gasteiger partial charge < -0.3 is 14.8 Å². The van der Waals surface area contributed by atoms with Crippen LogP contribution in [0.15, 0.2) is 35.5 Å². The van der Waals surface area contributed by atoms with E-state index in [0.717, 1.165) is 4.31 Å². The van der Waals surface area contributed by atoms with Gasteiger partial charge in [-0.15, -0.1) is 0 Å². The first-order valence-corrected chi connectivity index (χ1v) is 9.20. The second-order valence-corrected chi connectivity index (χ2v) is 7.97. The van der Waals surface area contributed by atoms with E-state index in [4.69, 9.17) is 21.8 Å². The van der Waals surface area contributed by atoms with Crippen molar-refractivity contribution in [3.63, 3.8) is 0 Å². The second-order valence-electron chi connectivity index (χ2n) is 5.49. The number of halogens is 1. The van der Waals surface area contributed by atoms with E-state index in [1.54, 1.807) is 0 Å². The fourth-order valence-corrected chi connectivity index (χ4v) is 3.92. The summed E-state index contributed by atoms with van der Waals surface area (Å²) in [5.41, 5.74) is 0.937. The van der Waals surface area contributed by atoms with Crippen LogP contribution in [0.5, 0.6) is 0 Å². The van der Waals surface area contributed by atoms with Crippen molar-refractivity contribution >= 4 is 27.6 Å². The van der Waals surface area contributed by atoms with E-state index in [2.05, 4.69) is 0 Å². The van der Waals surface area contributed by atoms with Crippen LogP contribution in [0.4, 0.5) is 0 Å². The molecule has 138 valence electrons. The number of carboxylic acids is 1. The predicted octanol–water partition coefficient (Wildman–Crippen LogP) is 1.38. The van der Waals surface area contributed by atoms with Gasteiger partial charge in [-0.1, -0.05) is 11.6 Å². The molecule has 2 rings (SSSR count). The Labute approximate surface area is 155 Å². The first kappa shape index (κ1) is 19.9. The van der Waals surface area contributed by atoms with Crippen LogP contribution < -0.4 is 0 Å². The Kier molecular flexibility index (Phi) is 6.05. The molecule has 2 aromatic rings. The maximum atomic E-state index is 12.6. The van der Waals surface area contributed by atoms with Crippen molar-refractivity contribution in [2.75, 3.05) is 20.2 Å². The van der Waals surface area contributed by atoms with Gasteiger partial charge in [0.2, 0.25) is 10.0 Å². The third-order valence-corrected chi connectivity index (χ3v) is 5.68. The molecule has 1 aromatic carbocycles. The SMILES string of the molecule is CN(CCO)S(=O)(=O)c1cc(Cl)cc(-c2cn(CC(=O)O)cc2C#N)c1. The largest absolute Gasteiger partial charge is 0.480 e. The van der Waals surface area contributed by atoms with Gasteiger partial charge in [-0.25, -0.2) is 8.42 Å². The molecule has 0 bridgehead atoms. The van der Waals surface area contributed by atoms with Crippen LogP contribution in [0.25, 0.3) is 11.1 Å². The van der Waals surface area contributed by atoms with Gasteiger partial charge in [-0.05, 0) is 23.8 Å². The van der Waals surface area contributed by atoms with Crippen LogP contribution in [-0.2, 0) is 21.4 Å². The predicted molar refractivity (Wildman–Crippen MR) is 94.1 cm³/mol. The highest BCUT2D eigenvalue weighted by molar-refractivity contribution is 7.89. The molecular weight excluding hydrogens is 382 g/mol. The van der Waals surface area contributed by atoms with Crippen molar-refractivity contribution in [2.24, 2.45) is 0 Å². The number of aliphatic hydroxyl groups is 1. The lowest BCUT2D eigenvalue weighted by atomic mass is 10.1. The summed E-state index contributed by atoms with van der Waals surface area (Å²) < 4.78 is 27.5. The summed E-state index contributed by atoms with van der Waals surface area (Å²) in [6.07, 6.45) is 2.82. The summed E-state index contributed by atoms with van der Waals surface area (Å²) in [4.78, 5) is 10.8. The Morgan fingerprint density at radius 1 is 1.35 bits per heavy atom. The molecule has 0 atom stereocenters. The Hall–Kier alpha value is -2.38. The zero-order chi connectivity index (χ0) is 19.5. The van der Waals surface area contributed by atoms with E-state index in [0.29, 0.717) is 11.1 Å². The lowest BCUT2D eigenvalue weighted by Gasteiger charge is -2.16. The van der Waals surface area contributed by atoms with E-state index in [-0.39, 0.29) is 35.2 Å². The average molecular weight is 398 g/mol. The van der Waals surface area contributed by atoms with Gasteiger partial charge in [0.15, 0.2) is 0 Å². The van der Waals surface area contributed by atoms with Crippen molar-refractivity contribution < 1.29 is 23.4 Å². The van der Waals surface area contributed by atoms with Crippen LogP contribution in [-0.4, -0.2) is 53.7 Å². The van der Waals surface area contributed by atoms with Crippen molar-refractivity contribution in [3.8, 4) is 17.2 Å². The van der Waals surface area contributed by atoms with Gasteiger partial charge in [0.25, 0.3) is 0 Å². The molecule has 0 spiro atoms. The minimum absolute atomic E-state index is 0.0807. The zero-order valence-corrected chi connectivity index (χ0v) is 15.3. The molecule has 1 heterocycles. The first-order valence-electron chi connectivity index (χ1n) is 7.39. The number of nitrogens with zero attached hydrogens (tertiary/aromatic N) is 3. The molecule has 2 N–H and O–H groups in total. The minimum Gasteiger partial charge on any atom is -0.480 e. The molecule has 10 heteroatoms. The van der Waals surface area contributed by atoms with Crippen LogP contribution >= 0.6 is 11.6 Å². The van der Waals surface area contributed by atoms with Gasteiger partial charge >= 0.3 is 5.97 Å². The van der Waals surface area contributed by atoms with Gasteiger partial charge in [0.1, 0.15) is 12.6 Å². The molecule has 0 amide bonds. The summed E-state index contributed by atoms with van der Waals surface area (Å²) in [7, 11) is -2.55. The quantitative estimate of drug-likeness (QED) is 0.727. The molecule has 0 unspecified atom stereocenters. The minimum atomic E-state index is -3.88. The number of nitriles is 1. The lowest BCUT2D eigenvalue weighted by molar-refractivity contribution is -0.137. The van der Waals surface area contributed by atoms with Crippen LogP contribution in [0.2, 0.25) is 5.02 Å². The molecule has 0 fully saturated rings. The topological polar surface area (TPSA) is 124 Å². The summed E-state index contributed by atoms with van der Waals surface area (Å²) in [5, 5.41) is 27.3. The normalized spacial score (nSPS) is 11.5. The number of carbonyl (C=O) groups is 1. The third-order valence-electron chi connectivity index (χ3n) is 3.62. The third kappa shape index (κ3) is 4.23. The van der Waals surface area contributed by atoms with Crippen molar-refractivity contribution in [2.45, 2.75) is 11.4 Å². The molecule has 26 heavy (non-hydrogen) atoms.